The molecule has 2 amide bonds. The lowest BCUT2D eigenvalue weighted by atomic mass is 10.1. The number of carbonyl (C=O) groups is 3. The number of pyridine rings is 1. The molecular formula is C22H16F3N3O4. The summed E-state index contributed by atoms with van der Waals surface area (Å²) in [5.41, 5.74) is 4.64. The highest BCUT2D eigenvalue weighted by molar-refractivity contribution is 6.46. The Morgan fingerprint density at radius 3 is 2.34 bits per heavy atom. The first-order valence-corrected chi connectivity index (χ1v) is 9.12. The molecule has 3 N–H and O–H groups in total. The lowest BCUT2D eigenvalue weighted by Crippen LogP contribution is -2.23. The van der Waals surface area contributed by atoms with Gasteiger partial charge in [0, 0.05) is 23.0 Å². The quantitative estimate of drug-likeness (QED) is 0.440. The van der Waals surface area contributed by atoms with Crippen LogP contribution in [0.25, 0.3) is 0 Å². The molecule has 0 unspecified atom stereocenters. The number of ether oxygens (including phenoxy) is 1. The maximum Gasteiger partial charge on any atom is 0.416 e. The number of alkyl halides is 3. The fraction of sp³-hybridized carbons (Fsp3) is 0.0909. The Bertz CT molecular complexity index is 1190. The smallest absolute Gasteiger partial charge is 0.416 e. The number of halogens is 3. The normalized spacial score (nSPS) is 11.0. The van der Waals surface area contributed by atoms with E-state index in [1.165, 1.54) is 42.6 Å². The van der Waals surface area contributed by atoms with E-state index in [1.54, 1.807) is 6.92 Å². The van der Waals surface area contributed by atoms with E-state index in [9.17, 15) is 27.6 Å². The summed E-state index contributed by atoms with van der Waals surface area (Å²) in [5, 5.41) is 2.16. The minimum atomic E-state index is -4.58. The molecule has 10 heteroatoms. The van der Waals surface area contributed by atoms with Gasteiger partial charge in [-0.25, -0.2) is 0 Å². The summed E-state index contributed by atoms with van der Waals surface area (Å²) in [7, 11) is 0. The van der Waals surface area contributed by atoms with E-state index in [1.807, 2.05) is 0 Å². The highest BCUT2D eigenvalue weighted by atomic mass is 19.4. The number of nitrogens with zero attached hydrogens (tertiary/aromatic N) is 1. The number of hydrogen-bond donors (Lipinski definition) is 2. The van der Waals surface area contributed by atoms with Crippen LogP contribution in [0.3, 0.4) is 0 Å². The zero-order valence-electron chi connectivity index (χ0n) is 16.6. The van der Waals surface area contributed by atoms with Crippen molar-refractivity contribution in [2.45, 2.75) is 13.1 Å². The predicted molar refractivity (Wildman–Crippen MR) is 108 cm³/mol. The molecule has 3 rings (SSSR count). The van der Waals surface area contributed by atoms with Crippen molar-refractivity contribution in [3.05, 3.63) is 83.2 Å². The van der Waals surface area contributed by atoms with Crippen molar-refractivity contribution < 1.29 is 32.3 Å². The van der Waals surface area contributed by atoms with Crippen LogP contribution in [0.4, 0.5) is 18.9 Å². The van der Waals surface area contributed by atoms with Crippen LogP contribution < -0.4 is 15.8 Å². The molecule has 0 bridgehead atoms. The molecule has 0 saturated carbocycles. The minimum Gasteiger partial charge on any atom is -0.457 e. The standard InChI is InChI=1S/C22H16F3N3O4/c1-12-17(9-10-27-18(12)20(26)30)32-16-7-5-13(6-8-16)19(29)21(31)28-15-4-2-3-14(11-15)22(23,24)25/h2-11H,1H3,(H2,26,30)(H,28,31). The second kappa shape index (κ2) is 8.88. The van der Waals surface area contributed by atoms with Gasteiger partial charge in [0.2, 0.25) is 0 Å². The van der Waals surface area contributed by atoms with Gasteiger partial charge in [0.05, 0.1) is 5.56 Å². The number of aromatic nitrogens is 1. The lowest BCUT2D eigenvalue weighted by Gasteiger charge is -2.11. The summed E-state index contributed by atoms with van der Waals surface area (Å²) in [6, 6.07) is 11.0. The number of ketones is 1. The lowest BCUT2D eigenvalue weighted by molar-refractivity contribution is -0.137. The minimum absolute atomic E-state index is 0.00565. The first-order valence-electron chi connectivity index (χ1n) is 9.12. The van der Waals surface area contributed by atoms with Gasteiger partial charge >= 0.3 is 6.18 Å². The molecule has 3 aromatic rings. The van der Waals surface area contributed by atoms with Crippen molar-refractivity contribution in [3.63, 3.8) is 0 Å². The average Bonchev–Trinajstić information content (AvgIpc) is 2.74. The number of amides is 2. The number of hydrogen-bond acceptors (Lipinski definition) is 5. The highest BCUT2D eigenvalue weighted by Gasteiger charge is 2.30. The van der Waals surface area contributed by atoms with Crippen LogP contribution in [0, 0.1) is 6.92 Å². The van der Waals surface area contributed by atoms with E-state index in [-0.39, 0.29) is 16.9 Å². The van der Waals surface area contributed by atoms with Crippen LogP contribution in [0.1, 0.15) is 32.0 Å². The van der Waals surface area contributed by atoms with Gasteiger partial charge in [0.25, 0.3) is 17.6 Å². The van der Waals surface area contributed by atoms with Gasteiger partial charge < -0.3 is 15.8 Å². The van der Waals surface area contributed by atoms with Crippen molar-refractivity contribution in [2.24, 2.45) is 5.73 Å². The van der Waals surface area contributed by atoms with Crippen LogP contribution in [0.2, 0.25) is 0 Å². The SMILES string of the molecule is Cc1c(Oc2ccc(C(=O)C(=O)Nc3cccc(C(F)(F)F)c3)cc2)ccnc1C(N)=O. The predicted octanol–water partition coefficient (Wildman–Crippen LogP) is 4.12. The van der Waals surface area contributed by atoms with Crippen molar-refractivity contribution in [2.75, 3.05) is 5.32 Å². The zero-order chi connectivity index (χ0) is 23.5. The van der Waals surface area contributed by atoms with Gasteiger partial charge in [-0.15, -0.1) is 0 Å². The van der Waals surface area contributed by atoms with Crippen LogP contribution in [-0.4, -0.2) is 22.6 Å². The summed E-state index contributed by atoms with van der Waals surface area (Å²) in [5.74, 6) is -2.10. The van der Waals surface area contributed by atoms with Crippen LogP contribution in [0.5, 0.6) is 11.5 Å². The largest absolute Gasteiger partial charge is 0.457 e. The van der Waals surface area contributed by atoms with E-state index < -0.39 is 29.3 Å². The molecule has 0 spiro atoms. The third kappa shape index (κ3) is 5.09. The Balaban J connectivity index is 1.71. The van der Waals surface area contributed by atoms with Gasteiger partial charge in [-0.1, -0.05) is 6.07 Å². The summed E-state index contributed by atoms with van der Waals surface area (Å²) >= 11 is 0. The summed E-state index contributed by atoms with van der Waals surface area (Å²) in [6.45, 7) is 1.61. The molecule has 0 aliphatic carbocycles. The number of carbonyl (C=O) groups excluding carboxylic acids is 3. The Kier molecular flexibility index (Phi) is 6.24. The Labute approximate surface area is 180 Å². The molecule has 1 heterocycles. The van der Waals surface area contributed by atoms with Crippen molar-refractivity contribution in [3.8, 4) is 11.5 Å². The van der Waals surface area contributed by atoms with Crippen LogP contribution in [-0.2, 0) is 11.0 Å². The molecule has 32 heavy (non-hydrogen) atoms. The van der Waals surface area contributed by atoms with Crippen molar-refractivity contribution >= 4 is 23.3 Å². The monoisotopic (exact) mass is 443 g/mol. The topological polar surface area (TPSA) is 111 Å². The summed E-state index contributed by atoms with van der Waals surface area (Å²) in [4.78, 5) is 39.8. The molecular weight excluding hydrogens is 427 g/mol. The van der Waals surface area contributed by atoms with Gasteiger partial charge in [0.15, 0.2) is 0 Å². The number of nitrogens with two attached hydrogens (primary N) is 1. The van der Waals surface area contributed by atoms with Gasteiger partial charge in [-0.2, -0.15) is 13.2 Å². The fourth-order valence-electron chi connectivity index (χ4n) is 2.77. The maximum absolute atomic E-state index is 12.8. The van der Waals surface area contributed by atoms with Crippen LogP contribution in [0.15, 0.2) is 60.8 Å². The van der Waals surface area contributed by atoms with Gasteiger partial charge in [-0.05, 0) is 55.5 Å². The highest BCUT2D eigenvalue weighted by Crippen LogP contribution is 2.31. The number of primary amides is 1. The fourth-order valence-corrected chi connectivity index (χ4v) is 2.77. The van der Waals surface area contributed by atoms with Gasteiger partial charge in [0.1, 0.15) is 17.2 Å². The average molecular weight is 443 g/mol. The third-order valence-electron chi connectivity index (χ3n) is 4.39. The Morgan fingerprint density at radius 2 is 1.72 bits per heavy atom. The van der Waals surface area contributed by atoms with E-state index in [0.717, 1.165) is 18.2 Å². The van der Waals surface area contributed by atoms with Crippen molar-refractivity contribution in [1.29, 1.82) is 0 Å². The first-order chi connectivity index (χ1) is 15.1. The number of rotatable bonds is 6. The van der Waals surface area contributed by atoms with Gasteiger partial charge in [-0.3, -0.25) is 19.4 Å². The molecule has 0 aliphatic rings. The number of benzene rings is 2. The van der Waals surface area contributed by atoms with E-state index >= 15 is 0 Å². The number of anilines is 1. The first kappa shape index (κ1) is 22.5. The Hall–Kier alpha value is -4.21. The Morgan fingerprint density at radius 1 is 1.03 bits per heavy atom. The second-order valence-corrected chi connectivity index (χ2v) is 6.64. The molecule has 7 nitrogen and oxygen atoms in total. The molecule has 0 fully saturated rings. The molecule has 0 radical (unpaired) electrons. The third-order valence-corrected chi connectivity index (χ3v) is 4.39. The van der Waals surface area contributed by atoms with E-state index in [4.69, 9.17) is 10.5 Å². The maximum atomic E-state index is 12.8. The number of nitrogens with one attached hydrogen (secondary N) is 1. The van der Waals surface area contributed by atoms with Crippen LogP contribution >= 0.6 is 0 Å². The summed E-state index contributed by atoms with van der Waals surface area (Å²) < 4.78 is 44.0. The second-order valence-electron chi connectivity index (χ2n) is 6.64. The molecule has 0 atom stereocenters. The molecule has 1 aromatic heterocycles. The number of Topliss-reactive ketones (excluding diaryl/α,β-unsaturated/α-hetero) is 1. The van der Waals surface area contributed by atoms with Crippen molar-refractivity contribution in [1.82, 2.24) is 4.98 Å². The van der Waals surface area contributed by atoms with E-state index in [2.05, 4.69) is 10.3 Å². The molecule has 0 aliphatic heterocycles. The molecule has 2 aromatic carbocycles. The van der Waals surface area contributed by atoms with E-state index in [0.29, 0.717) is 17.1 Å². The molecule has 0 saturated heterocycles. The molecule has 164 valence electrons. The summed E-state index contributed by atoms with van der Waals surface area (Å²) in [6.07, 6.45) is -3.22. The zero-order valence-corrected chi connectivity index (χ0v) is 16.6.